The molecule has 1 N–H and O–H groups in total. The topological polar surface area (TPSA) is 64.9 Å². The van der Waals surface area contributed by atoms with Crippen molar-refractivity contribution in [2.24, 2.45) is 0 Å². The third-order valence-electron chi connectivity index (χ3n) is 2.93. The van der Waals surface area contributed by atoms with Gasteiger partial charge in [-0.25, -0.2) is 14.1 Å². The molecule has 2 aromatic heterocycles. The zero-order valence-electron chi connectivity index (χ0n) is 11.9. The Morgan fingerprint density at radius 1 is 1.36 bits per heavy atom. The van der Waals surface area contributed by atoms with Crippen LogP contribution < -0.4 is 5.32 Å². The van der Waals surface area contributed by atoms with Crippen LogP contribution in [0.2, 0.25) is 0 Å². The molecule has 114 valence electrons. The van der Waals surface area contributed by atoms with Gasteiger partial charge in [0.2, 0.25) is 5.13 Å². The van der Waals surface area contributed by atoms with Crippen molar-refractivity contribution in [1.82, 2.24) is 19.1 Å². The Morgan fingerprint density at radius 3 is 3.05 bits per heavy atom. The first kappa shape index (κ1) is 14.6. The number of rotatable bonds is 6. The Labute approximate surface area is 130 Å². The van der Waals surface area contributed by atoms with Gasteiger partial charge >= 0.3 is 0 Å². The average molecular weight is 319 g/mol. The number of hydrogen-bond donors (Lipinski definition) is 1. The molecule has 8 heteroatoms. The summed E-state index contributed by atoms with van der Waals surface area (Å²) in [7, 11) is 1.64. The summed E-state index contributed by atoms with van der Waals surface area (Å²) in [6, 6.07) is 6.47. The summed E-state index contributed by atoms with van der Waals surface area (Å²) in [5, 5.41) is 7.93. The second kappa shape index (κ2) is 6.63. The van der Waals surface area contributed by atoms with E-state index in [1.165, 1.54) is 22.3 Å². The van der Waals surface area contributed by atoms with E-state index >= 15 is 0 Å². The maximum absolute atomic E-state index is 13.7. The normalized spacial score (nSPS) is 10.8. The smallest absolute Gasteiger partial charge is 0.207 e. The van der Waals surface area contributed by atoms with Gasteiger partial charge in [-0.2, -0.15) is 9.47 Å². The Bertz CT molecular complexity index is 757. The molecule has 0 atom stereocenters. The lowest BCUT2D eigenvalue weighted by molar-refractivity contribution is 0.201. The molecule has 0 fully saturated rings. The molecular formula is C14H14FN5OS. The number of ether oxygens (including phenoxy) is 1. The van der Waals surface area contributed by atoms with Crippen molar-refractivity contribution in [3.05, 3.63) is 48.3 Å². The number of benzene rings is 1. The van der Waals surface area contributed by atoms with E-state index in [9.17, 15) is 4.39 Å². The fourth-order valence-corrected chi connectivity index (χ4v) is 2.51. The molecule has 0 aliphatic carbocycles. The van der Waals surface area contributed by atoms with E-state index in [2.05, 4.69) is 19.8 Å². The van der Waals surface area contributed by atoms with Crippen LogP contribution in [0.25, 0.3) is 5.69 Å². The molecule has 6 nitrogen and oxygen atoms in total. The molecule has 2 heterocycles. The van der Waals surface area contributed by atoms with Crippen molar-refractivity contribution < 1.29 is 9.13 Å². The monoisotopic (exact) mass is 319 g/mol. The summed E-state index contributed by atoms with van der Waals surface area (Å²) < 4.78 is 24.4. The van der Waals surface area contributed by atoms with Gasteiger partial charge in [-0.15, -0.1) is 0 Å². The van der Waals surface area contributed by atoms with Crippen LogP contribution in [0.3, 0.4) is 0 Å². The van der Waals surface area contributed by atoms with Crippen LogP contribution in [0, 0.1) is 5.82 Å². The first-order valence-electron chi connectivity index (χ1n) is 6.64. The van der Waals surface area contributed by atoms with Crippen LogP contribution in [0.15, 0.2) is 36.7 Å². The Kier molecular flexibility index (Phi) is 4.40. The van der Waals surface area contributed by atoms with Crippen molar-refractivity contribution in [3.63, 3.8) is 0 Å². The van der Waals surface area contributed by atoms with Crippen LogP contribution in [-0.4, -0.2) is 32.9 Å². The van der Waals surface area contributed by atoms with Crippen LogP contribution in [-0.2, 0) is 11.2 Å². The lowest BCUT2D eigenvalue weighted by atomic mass is 10.3. The van der Waals surface area contributed by atoms with Gasteiger partial charge in [0, 0.05) is 25.1 Å². The maximum atomic E-state index is 13.7. The summed E-state index contributed by atoms with van der Waals surface area (Å²) in [5.74, 6) is 0.408. The van der Waals surface area contributed by atoms with E-state index in [1.54, 1.807) is 37.7 Å². The second-order valence-electron chi connectivity index (χ2n) is 4.51. The first-order valence-corrected chi connectivity index (χ1v) is 7.42. The average Bonchev–Trinajstić information content (AvgIpc) is 3.16. The van der Waals surface area contributed by atoms with Crippen molar-refractivity contribution in [3.8, 4) is 5.69 Å². The molecule has 0 radical (unpaired) electrons. The highest BCUT2D eigenvalue weighted by molar-refractivity contribution is 7.09. The lowest BCUT2D eigenvalue weighted by Gasteiger charge is -2.01. The van der Waals surface area contributed by atoms with Crippen LogP contribution in [0.1, 0.15) is 5.82 Å². The van der Waals surface area contributed by atoms with E-state index in [1.807, 2.05) is 0 Å². The Morgan fingerprint density at radius 2 is 2.23 bits per heavy atom. The number of para-hydroxylation sites is 1. The summed E-state index contributed by atoms with van der Waals surface area (Å²) in [6.07, 6.45) is 3.99. The number of nitrogens with one attached hydrogen (secondary N) is 1. The molecule has 3 aromatic rings. The quantitative estimate of drug-likeness (QED) is 0.757. The van der Waals surface area contributed by atoms with Crippen LogP contribution >= 0.6 is 11.5 Å². The molecule has 22 heavy (non-hydrogen) atoms. The fraction of sp³-hybridized carbons (Fsp3) is 0.214. The van der Waals surface area contributed by atoms with Gasteiger partial charge in [0.1, 0.15) is 17.3 Å². The summed E-state index contributed by atoms with van der Waals surface area (Å²) >= 11 is 1.26. The molecule has 0 unspecified atom stereocenters. The van der Waals surface area contributed by atoms with Crippen molar-refractivity contribution in [2.45, 2.75) is 6.42 Å². The van der Waals surface area contributed by atoms with Crippen LogP contribution in [0.5, 0.6) is 0 Å². The maximum Gasteiger partial charge on any atom is 0.207 e. The molecular weight excluding hydrogens is 305 g/mol. The van der Waals surface area contributed by atoms with E-state index < -0.39 is 0 Å². The predicted molar refractivity (Wildman–Crippen MR) is 82.3 cm³/mol. The van der Waals surface area contributed by atoms with Crippen molar-refractivity contribution >= 4 is 22.4 Å². The molecule has 3 rings (SSSR count). The van der Waals surface area contributed by atoms with Gasteiger partial charge in [0.25, 0.3) is 0 Å². The molecule has 0 saturated carbocycles. The van der Waals surface area contributed by atoms with Gasteiger partial charge in [-0.05, 0) is 12.1 Å². The number of nitrogens with zero attached hydrogens (tertiary/aromatic N) is 4. The number of methoxy groups -OCH3 is 1. The highest BCUT2D eigenvalue weighted by Crippen LogP contribution is 2.20. The predicted octanol–water partition coefficient (Wildman–Crippen LogP) is 2.80. The largest absolute Gasteiger partial charge is 0.384 e. The van der Waals surface area contributed by atoms with E-state index in [4.69, 9.17) is 4.74 Å². The molecule has 0 saturated heterocycles. The minimum absolute atomic E-state index is 0.324. The fourth-order valence-electron chi connectivity index (χ4n) is 1.88. The molecule has 0 aliphatic rings. The molecule has 0 amide bonds. The zero-order chi connectivity index (χ0) is 15.4. The SMILES string of the molecule is COCCc1nsc(Nc2cnn(-c3ccccc3F)c2)n1. The Balaban J connectivity index is 1.72. The molecule has 1 aromatic carbocycles. The van der Waals surface area contributed by atoms with Gasteiger partial charge in [-0.1, -0.05) is 12.1 Å². The summed E-state index contributed by atoms with van der Waals surface area (Å²) in [5.41, 5.74) is 1.12. The minimum Gasteiger partial charge on any atom is -0.384 e. The van der Waals surface area contributed by atoms with Gasteiger partial charge in [-0.3, -0.25) is 0 Å². The van der Waals surface area contributed by atoms with Crippen molar-refractivity contribution in [1.29, 1.82) is 0 Å². The van der Waals surface area contributed by atoms with E-state index in [0.29, 0.717) is 23.8 Å². The van der Waals surface area contributed by atoms with E-state index in [0.717, 1.165) is 11.5 Å². The van der Waals surface area contributed by atoms with Gasteiger partial charge in [0.15, 0.2) is 0 Å². The van der Waals surface area contributed by atoms with E-state index in [-0.39, 0.29) is 5.82 Å². The summed E-state index contributed by atoms with van der Waals surface area (Å²) in [4.78, 5) is 4.35. The standard InChI is InChI=1S/C14H14FN5OS/c1-21-7-6-13-18-14(22-19-13)17-10-8-16-20(9-10)12-5-3-2-4-11(12)15/h2-5,8-9H,6-7H2,1H3,(H,17,18,19). The van der Waals surface area contributed by atoms with Gasteiger partial charge in [0.05, 0.1) is 24.7 Å². The molecule has 0 aliphatic heterocycles. The number of hydrogen-bond acceptors (Lipinski definition) is 6. The highest BCUT2D eigenvalue weighted by Gasteiger charge is 2.08. The molecule has 0 bridgehead atoms. The second-order valence-corrected chi connectivity index (χ2v) is 5.26. The first-order chi connectivity index (χ1) is 10.8. The van der Waals surface area contributed by atoms with Crippen molar-refractivity contribution in [2.75, 3.05) is 19.0 Å². The van der Waals surface area contributed by atoms with Gasteiger partial charge < -0.3 is 10.1 Å². The van der Waals surface area contributed by atoms with Crippen LogP contribution in [0.4, 0.5) is 15.2 Å². The summed E-state index contributed by atoms with van der Waals surface area (Å²) in [6.45, 7) is 0.585. The lowest BCUT2D eigenvalue weighted by Crippen LogP contribution is -1.97. The third kappa shape index (κ3) is 3.29. The zero-order valence-corrected chi connectivity index (χ0v) is 12.7. The molecule has 0 spiro atoms. The Hall–Kier alpha value is -2.32. The number of aromatic nitrogens is 4. The number of anilines is 2. The highest BCUT2D eigenvalue weighted by atomic mass is 32.1. The number of halogens is 1. The minimum atomic E-state index is -0.324. The third-order valence-corrected chi connectivity index (χ3v) is 3.60.